The second-order valence-electron chi connectivity index (χ2n) is 6.34. The topological polar surface area (TPSA) is 92.1 Å². The predicted molar refractivity (Wildman–Crippen MR) is 91.2 cm³/mol. The number of aromatic nitrogens is 3. The van der Waals surface area contributed by atoms with Crippen molar-refractivity contribution in [2.45, 2.75) is 39.2 Å². The molecule has 1 fully saturated rings. The molecule has 0 aliphatic heterocycles. The monoisotopic (exact) mass is 329 g/mol. The minimum absolute atomic E-state index is 0.155. The summed E-state index contributed by atoms with van der Waals surface area (Å²) in [5.74, 6) is 0.864. The van der Waals surface area contributed by atoms with Crippen molar-refractivity contribution in [1.29, 1.82) is 0 Å². The minimum Gasteiger partial charge on any atom is -0.393 e. The van der Waals surface area contributed by atoms with Crippen molar-refractivity contribution in [1.82, 2.24) is 20.1 Å². The molecule has 3 rings (SSSR count). The number of hydrogen-bond acceptors (Lipinski definition) is 4. The highest BCUT2D eigenvalue weighted by Gasteiger charge is 2.25. The van der Waals surface area contributed by atoms with Crippen molar-refractivity contribution in [3.05, 3.63) is 35.8 Å². The lowest BCUT2D eigenvalue weighted by molar-refractivity contribution is 0.133. The Morgan fingerprint density at radius 3 is 2.79 bits per heavy atom. The van der Waals surface area contributed by atoms with Gasteiger partial charge < -0.3 is 15.7 Å². The second kappa shape index (κ2) is 7.00. The van der Waals surface area contributed by atoms with E-state index in [2.05, 4.69) is 20.7 Å². The molecule has 0 saturated heterocycles. The van der Waals surface area contributed by atoms with E-state index < -0.39 is 0 Å². The summed E-state index contributed by atoms with van der Waals surface area (Å²) in [5, 5.41) is 19.7. The van der Waals surface area contributed by atoms with Gasteiger partial charge in [-0.15, -0.1) is 0 Å². The average Bonchev–Trinajstić information content (AvgIpc) is 3.11. The van der Waals surface area contributed by atoms with Crippen molar-refractivity contribution >= 4 is 11.7 Å². The Morgan fingerprint density at radius 2 is 2.21 bits per heavy atom. The van der Waals surface area contributed by atoms with E-state index in [0.29, 0.717) is 18.1 Å². The third-order valence-electron chi connectivity index (χ3n) is 4.38. The summed E-state index contributed by atoms with van der Waals surface area (Å²) >= 11 is 0. The van der Waals surface area contributed by atoms with Crippen LogP contribution in [-0.4, -0.2) is 38.6 Å². The Hall–Kier alpha value is -2.41. The summed E-state index contributed by atoms with van der Waals surface area (Å²) in [7, 11) is 0. The molecule has 7 heteroatoms. The Bertz CT molecular complexity index is 710. The average molecular weight is 329 g/mol. The number of aryl methyl sites for hydroxylation is 2. The number of amides is 2. The van der Waals surface area contributed by atoms with E-state index in [9.17, 15) is 9.90 Å². The van der Waals surface area contributed by atoms with E-state index in [4.69, 9.17) is 0 Å². The van der Waals surface area contributed by atoms with Gasteiger partial charge >= 0.3 is 6.03 Å². The standard InChI is InChI=1S/C17H23N5O2/c1-11-8-12(2)22(21-11)16-7-6-14(10-18-16)20-17(24)19-9-13-4-3-5-15(13)23/h6-8,10,13,15,23H,3-5,9H2,1-2H3,(H2,19,20,24)/t13-,15+/m0/s1. The first-order valence-corrected chi connectivity index (χ1v) is 8.25. The van der Waals surface area contributed by atoms with Gasteiger partial charge in [0.25, 0.3) is 0 Å². The van der Waals surface area contributed by atoms with E-state index in [1.165, 1.54) is 0 Å². The van der Waals surface area contributed by atoms with Gasteiger partial charge in [0.15, 0.2) is 5.82 Å². The molecule has 2 atom stereocenters. The summed E-state index contributed by atoms with van der Waals surface area (Å²) in [6, 6.07) is 5.31. The lowest BCUT2D eigenvalue weighted by atomic mass is 10.1. The molecule has 3 N–H and O–H groups in total. The predicted octanol–water partition coefficient (Wildman–Crippen LogP) is 2.17. The highest BCUT2D eigenvalue weighted by molar-refractivity contribution is 5.89. The van der Waals surface area contributed by atoms with Gasteiger partial charge in [0.05, 0.1) is 23.7 Å². The van der Waals surface area contributed by atoms with Crippen molar-refractivity contribution in [3.8, 4) is 5.82 Å². The molecule has 0 bridgehead atoms. The van der Waals surface area contributed by atoms with Crippen LogP contribution < -0.4 is 10.6 Å². The summed E-state index contributed by atoms with van der Waals surface area (Å²) in [4.78, 5) is 16.3. The molecule has 0 aromatic carbocycles. The molecule has 2 aromatic heterocycles. The molecule has 1 aliphatic rings. The number of rotatable bonds is 4. The van der Waals surface area contributed by atoms with Crippen LogP contribution in [0.25, 0.3) is 5.82 Å². The number of aliphatic hydroxyl groups excluding tert-OH is 1. The van der Waals surface area contributed by atoms with Crippen molar-refractivity contribution < 1.29 is 9.90 Å². The van der Waals surface area contributed by atoms with Gasteiger partial charge in [-0.25, -0.2) is 14.5 Å². The maximum Gasteiger partial charge on any atom is 0.319 e. The molecular weight excluding hydrogens is 306 g/mol. The van der Waals surface area contributed by atoms with E-state index in [0.717, 1.165) is 30.7 Å². The highest BCUT2D eigenvalue weighted by atomic mass is 16.3. The first-order chi connectivity index (χ1) is 11.5. The zero-order valence-corrected chi connectivity index (χ0v) is 14.0. The zero-order chi connectivity index (χ0) is 17.1. The Balaban J connectivity index is 1.56. The number of hydrogen-bond donors (Lipinski definition) is 3. The molecule has 7 nitrogen and oxygen atoms in total. The largest absolute Gasteiger partial charge is 0.393 e. The van der Waals surface area contributed by atoms with Gasteiger partial charge in [0.2, 0.25) is 0 Å². The molecule has 2 aromatic rings. The van der Waals surface area contributed by atoms with Gasteiger partial charge in [-0.1, -0.05) is 6.42 Å². The number of carbonyl (C=O) groups is 1. The van der Waals surface area contributed by atoms with Crippen LogP contribution in [0.15, 0.2) is 24.4 Å². The molecule has 1 aliphatic carbocycles. The van der Waals surface area contributed by atoms with Gasteiger partial charge in [0.1, 0.15) is 0 Å². The fraction of sp³-hybridized carbons (Fsp3) is 0.471. The summed E-state index contributed by atoms with van der Waals surface area (Å²) < 4.78 is 1.76. The van der Waals surface area contributed by atoms with Crippen LogP contribution in [0, 0.1) is 19.8 Å². The highest BCUT2D eigenvalue weighted by Crippen LogP contribution is 2.24. The van der Waals surface area contributed by atoms with Crippen molar-refractivity contribution in [3.63, 3.8) is 0 Å². The van der Waals surface area contributed by atoms with Crippen LogP contribution >= 0.6 is 0 Å². The third kappa shape index (κ3) is 3.73. The number of nitrogens with zero attached hydrogens (tertiary/aromatic N) is 3. The molecule has 0 unspecified atom stereocenters. The molecule has 0 radical (unpaired) electrons. The third-order valence-corrected chi connectivity index (χ3v) is 4.38. The molecule has 1 saturated carbocycles. The number of aliphatic hydroxyl groups is 1. The van der Waals surface area contributed by atoms with Crippen molar-refractivity contribution in [2.75, 3.05) is 11.9 Å². The second-order valence-corrected chi connectivity index (χ2v) is 6.34. The molecule has 2 heterocycles. The quantitative estimate of drug-likeness (QED) is 0.801. The number of urea groups is 1. The minimum atomic E-state index is -0.299. The first kappa shape index (κ1) is 16.4. The SMILES string of the molecule is Cc1cc(C)n(-c2ccc(NC(=O)NC[C@@H]3CCC[C@H]3O)cn2)n1. The number of anilines is 1. The smallest absolute Gasteiger partial charge is 0.319 e. The van der Waals surface area contributed by atoms with Gasteiger partial charge in [0, 0.05) is 18.2 Å². The van der Waals surface area contributed by atoms with Gasteiger partial charge in [-0.2, -0.15) is 5.10 Å². The molecule has 0 spiro atoms. The molecular formula is C17H23N5O2. The van der Waals surface area contributed by atoms with Gasteiger partial charge in [-0.3, -0.25) is 0 Å². The summed E-state index contributed by atoms with van der Waals surface area (Å²) in [6.07, 6.45) is 4.11. The summed E-state index contributed by atoms with van der Waals surface area (Å²) in [5.41, 5.74) is 2.56. The number of nitrogens with one attached hydrogen (secondary N) is 2. The normalized spacial score (nSPS) is 20.1. The van der Waals surface area contributed by atoms with Crippen LogP contribution in [0.3, 0.4) is 0 Å². The molecule has 24 heavy (non-hydrogen) atoms. The maximum absolute atomic E-state index is 11.9. The fourth-order valence-corrected chi connectivity index (χ4v) is 3.10. The first-order valence-electron chi connectivity index (χ1n) is 8.25. The Labute approximate surface area is 141 Å². The van der Waals surface area contributed by atoms with E-state index >= 15 is 0 Å². The van der Waals surface area contributed by atoms with Gasteiger partial charge in [-0.05, 0) is 44.9 Å². The Morgan fingerprint density at radius 1 is 1.38 bits per heavy atom. The van der Waals surface area contributed by atoms with E-state index in [-0.39, 0.29) is 18.1 Å². The zero-order valence-electron chi connectivity index (χ0n) is 14.0. The number of carbonyl (C=O) groups excluding carboxylic acids is 1. The number of pyridine rings is 1. The van der Waals surface area contributed by atoms with Crippen LogP contribution in [0.2, 0.25) is 0 Å². The van der Waals surface area contributed by atoms with Crippen molar-refractivity contribution in [2.24, 2.45) is 5.92 Å². The Kier molecular flexibility index (Phi) is 4.80. The van der Waals surface area contributed by atoms with Crippen LogP contribution in [0.1, 0.15) is 30.7 Å². The van der Waals surface area contributed by atoms with E-state index in [1.807, 2.05) is 26.0 Å². The molecule has 2 amide bonds. The fourth-order valence-electron chi connectivity index (χ4n) is 3.10. The molecule has 128 valence electrons. The van der Waals surface area contributed by atoms with Crippen LogP contribution in [0.4, 0.5) is 10.5 Å². The lowest BCUT2D eigenvalue weighted by Crippen LogP contribution is -2.35. The summed E-state index contributed by atoms with van der Waals surface area (Å²) in [6.45, 7) is 4.40. The van der Waals surface area contributed by atoms with E-state index in [1.54, 1.807) is 16.9 Å². The maximum atomic E-state index is 11.9. The van der Waals surface area contributed by atoms with Crippen LogP contribution in [-0.2, 0) is 0 Å². The lowest BCUT2D eigenvalue weighted by Gasteiger charge is -2.15. The van der Waals surface area contributed by atoms with Crippen LogP contribution in [0.5, 0.6) is 0 Å².